The van der Waals surface area contributed by atoms with E-state index in [0.29, 0.717) is 24.3 Å². The Morgan fingerprint density at radius 2 is 2.29 bits per heavy atom. The number of halogens is 1. The maximum atomic E-state index is 12.6. The van der Waals surface area contributed by atoms with Gasteiger partial charge in [-0.2, -0.15) is 0 Å². The maximum Gasteiger partial charge on any atom is 0.328 e. The normalized spacial score (nSPS) is 19.3. The first-order valence-electron chi connectivity index (χ1n) is 6.48. The lowest BCUT2D eigenvalue weighted by molar-refractivity contribution is -0.142. The average molecular weight is 314 g/mol. The highest BCUT2D eigenvalue weighted by molar-refractivity contribution is 7.12. The first kappa shape index (κ1) is 15.4. The van der Waals surface area contributed by atoms with Crippen LogP contribution in [0.1, 0.15) is 22.5 Å². The molecule has 2 rings (SSSR count). The molecular weight excluding hydrogens is 299 g/mol. The second kappa shape index (κ2) is 6.66. The van der Waals surface area contributed by atoms with E-state index < -0.39 is 30.6 Å². The van der Waals surface area contributed by atoms with Crippen LogP contribution in [0.25, 0.3) is 0 Å². The fraction of sp³-hybridized carbons (Fsp3) is 0.462. The zero-order valence-electron chi connectivity index (χ0n) is 11.1. The van der Waals surface area contributed by atoms with Crippen molar-refractivity contribution in [1.82, 2.24) is 10.2 Å². The molecule has 0 saturated carbocycles. The van der Waals surface area contributed by atoms with Crippen LogP contribution in [0.15, 0.2) is 17.5 Å². The zero-order chi connectivity index (χ0) is 15.4. The predicted octanol–water partition coefficient (Wildman–Crippen LogP) is 0.892. The number of hydrogen-bond donors (Lipinski definition) is 2. The van der Waals surface area contributed by atoms with Gasteiger partial charge < -0.3 is 15.3 Å². The van der Waals surface area contributed by atoms with Crippen molar-refractivity contribution < 1.29 is 23.9 Å². The summed E-state index contributed by atoms with van der Waals surface area (Å²) in [6, 6.07) is 1.10. The Morgan fingerprint density at radius 3 is 2.86 bits per heavy atom. The van der Waals surface area contributed by atoms with Crippen LogP contribution >= 0.6 is 11.3 Å². The molecule has 1 aliphatic heterocycles. The molecule has 1 fully saturated rings. The first-order chi connectivity index (χ1) is 10.0. The van der Waals surface area contributed by atoms with Gasteiger partial charge in [-0.15, -0.1) is 11.3 Å². The average Bonchev–Trinajstić information content (AvgIpc) is 3.13. The standard InChI is InChI=1S/C13H15FN2O4S/c14-7-8(13(19)20)15-11(17)9-3-1-5-16(9)12(18)10-4-2-6-21-10/h2,4,6,8-9H,1,3,5,7H2,(H,15,17)(H,19,20). The molecule has 1 aromatic heterocycles. The number of nitrogens with zero attached hydrogens (tertiary/aromatic N) is 1. The number of carbonyl (C=O) groups excluding carboxylic acids is 2. The van der Waals surface area contributed by atoms with Gasteiger partial charge in [-0.25, -0.2) is 9.18 Å². The largest absolute Gasteiger partial charge is 0.480 e. The second-order valence-corrected chi connectivity index (χ2v) is 5.64. The van der Waals surface area contributed by atoms with E-state index in [-0.39, 0.29) is 5.91 Å². The molecule has 8 heteroatoms. The molecule has 21 heavy (non-hydrogen) atoms. The summed E-state index contributed by atoms with van der Waals surface area (Å²) >= 11 is 1.28. The van der Waals surface area contributed by atoms with Gasteiger partial charge in [-0.05, 0) is 24.3 Å². The van der Waals surface area contributed by atoms with Gasteiger partial charge in [0.1, 0.15) is 12.7 Å². The number of alkyl halides is 1. The third-order valence-corrected chi connectivity index (χ3v) is 4.18. The summed E-state index contributed by atoms with van der Waals surface area (Å²) in [5.41, 5.74) is 0. The molecule has 0 spiro atoms. The molecule has 0 radical (unpaired) electrons. The third-order valence-electron chi connectivity index (χ3n) is 3.32. The topological polar surface area (TPSA) is 86.7 Å². The van der Waals surface area contributed by atoms with Crippen LogP contribution in [-0.4, -0.2) is 53.1 Å². The van der Waals surface area contributed by atoms with E-state index in [0.717, 1.165) is 0 Å². The second-order valence-electron chi connectivity index (χ2n) is 4.69. The minimum atomic E-state index is -1.57. The van der Waals surface area contributed by atoms with Crippen LogP contribution in [0.5, 0.6) is 0 Å². The molecule has 2 amide bonds. The molecule has 6 nitrogen and oxygen atoms in total. The molecule has 2 unspecified atom stereocenters. The van der Waals surface area contributed by atoms with Crippen LogP contribution in [0.3, 0.4) is 0 Å². The van der Waals surface area contributed by atoms with Crippen molar-refractivity contribution >= 4 is 29.1 Å². The molecule has 114 valence electrons. The molecule has 1 saturated heterocycles. The summed E-state index contributed by atoms with van der Waals surface area (Å²) < 4.78 is 12.6. The molecule has 0 aliphatic carbocycles. The molecular formula is C13H15FN2O4S. The number of hydrogen-bond acceptors (Lipinski definition) is 4. The molecule has 2 heterocycles. The van der Waals surface area contributed by atoms with Gasteiger partial charge >= 0.3 is 5.97 Å². The van der Waals surface area contributed by atoms with Gasteiger partial charge in [0.2, 0.25) is 5.91 Å². The molecule has 2 N–H and O–H groups in total. The van der Waals surface area contributed by atoms with E-state index in [2.05, 4.69) is 5.32 Å². The summed E-state index contributed by atoms with van der Waals surface area (Å²) in [7, 11) is 0. The minimum Gasteiger partial charge on any atom is -0.480 e. The number of thiophene rings is 1. The lowest BCUT2D eigenvalue weighted by Crippen LogP contribution is -2.51. The van der Waals surface area contributed by atoms with Crippen LogP contribution < -0.4 is 5.32 Å². The van der Waals surface area contributed by atoms with Gasteiger partial charge in [-0.3, -0.25) is 9.59 Å². The van der Waals surface area contributed by atoms with Crippen LogP contribution in [0.4, 0.5) is 4.39 Å². The fourth-order valence-electron chi connectivity index (χ4n) is 2.26. The molecule has 0 aromatic carbocycles. The Morgan fingerprint density at radius 1 is 1.52 bits per heavy atom. The highest BCUT2D eigenvalue weighted by atomic mass is 32.1. The Bertz CT molecular complexity index is 534. The number of aliphatic carboxylic acids is 1. The summed E-state index contributed by atoms with van der Waals surface area (Å²) in [5.74, 6) is -2.31. The van der Waals surface area contributed by atoms with E-state index in [1.165, 1.54) is 16.2 Å². The van der Waals surface area contributed by atoms with Crippen LogP contribution in [-0.2, 0) is 9.59 Å². The monoisotopic (exact) mass is 314 g/mol. The van der Waals surface area contributed by atoms with Crippen molar-refractivity contribution in [2.45, 2.75) is 24.9 Å². The van der Waals surface area contributed by atoms with Gasteiger partial charge in [0.25, 0.3) is 5.91 Å². The minimum absolute atomic E-state index is 0.255. The third kappa shape index (κ3) is 3.38. The van der Waals surface area contributed by atoms with Gasteiger partial charge in [-0.1, -0.05) is 6.07 Å². The van der Waals surface area contributed by atoms with Crippen molar-refractivity contribution in [1.29, 1.82) is 0 Å². The highest BCUT2D eigenvalue weighted by Gasteiger charge is 2.36. The first-order valence-corrected chi connectivity index (χ1v) is 7.36. The van der Waals surface area contributed by atoms with E-state index in [4.69, 9.17) is 5.11 Å². The molecule has 1 aromatic rings. The fourth-order valence-corrected chi connectivity index (χ4v) is 2.94. The SMILES string of the molecule is O=C(O)C(CF)NC(=O)C1CCCN1C(=O)c1cccs1. The van der Waals surface area contributed by atoms with E-state index in [1.54, 1.807) is 17.5 Å². The number of nitrogens with one attached hydrogen (secondary N) is 1. The summed E-state index contributed by atoms with van der Waals surface area (Å²) in [5, 5.41) is 12.7. The van der Waals surface area contributed by atoms with E-state index in [9.17, 15) is 18.8 Å². The van der Waals surface area contributed by atoms with Gasteiger partial charge in [0, 0.05) is 6.54 Å². The smallest absolute Gasteiger partial charge is 0.328 e. The summed E-state index contributed by atoms with van der Waals surface area (Å²) in [4.78, 5) is 37.0. The lowest BCUT2D eigenvalue weighted by atomic mass is 10.2. The Kier molecular flexibility index (Phi) is 4.89. The van der Waals surface area contributed by atoms with Crippen LogP contribution in [0, 0.1) is 0 Å². The van der Waals surface area contributed by atoms with Crippen molar-refractivity contribution in [3.8, 4) is 0 Å². The number of carboxylic acid groups (broad SMARTS) is 1. The van der Waals surface area contributed by atoms with Crippen molar-refractivity contribution in [3.05, 3.63) is 22.4 Å². The zero-order valence-corrected chi connectivity index (χ0v) is 11.9. The number of rotatable bonds is 5. The molecule has 1 aliphatic rings. The van der Waals surface area contributed by atoms with Crippen molar-refractivity contribution in [2.24, 2.45) is 0 Å². The quantitative estimate of drug-likeness (QED) is 0.845. The number of amides is 2. The highest BCUT2D eigenvalue weighted by Crippen LogP contribution is 2.22. The van der Waals surface area contributed by atoms with Crippen LogP contribution in [0.2, 0.25) is 0 Å². The Balaban J connectivity index is 2.06. The number of carboxylic acids is 1. The van der Waals surface area contributed by atoms with Crippen molar-refractivity contribution in [3.63, 3.8) is 0 Å². The number of carbonyl (C=O) groups is 3. The summed E-state index contributed by atoms with van der Waals surface area (Å²) in [6.45, 7) is -0.755. The van der Waals surface area contributed by atoms with Gasteiger partial charge in [0.15, 0.2) is 6.04 Å². The Labute approximate surface area is 124 Å². The Hall–Kier alpha value is -1.96. The van der Waals surface area contributed by atoms with E-state index >= 15 is 0 Å². The lowest BCUT2D eigenvalue weighted by Gasteiger charge is -2.24. The van der Waals surface area contributed by atoms with E-state index in [1.807, 2.05) is 0 Å². The molecule has 0 bridgehead atoms. The summed E-state index contributed by atoms with van der Waals surface area (Å²) in [6.07, 6.45) is 1.10. The maximum absolute atomic E-state index is 12.6. The predicted molar refractivity (Wildman–Crippen MR) is 73.9 cm³/mol. The molecule has 2 atom stereocenters. The van der Waals surface area contributed by atoms with Gasteiger partial charge in [0.05, 0.1) is 4.88 Å². The number of likely N-dealkylation sites (tertiary alicyclic amines) is 1. The van der Waals surface area contributed by atoms with Crippen molar-refractivity contribution in [2.75, 3.05) is 13.2 Å².